The highest BCUT2D eigenvalue weighted by atomic mass is 32.1. The predicted molar refractivity (Wildman–Crippen MR) is 52.2 cm³/mol. The van der Waals surface area contributed by atoms with Gasteiger partial charge in [0, 0.05) is 13.1 Å². The van der Waals surface area contributed by atoms with Gasteiger partial charge in [0.05, 0.1) is 11.2 Å². The fourth-order valence-corrected chi connectivity index (χ4v) is 1.70. The van der Waals surface area contributed by atoms with Gasteiger partial charge < -0.3 is 10.0 Å². The Morgan fingerprint density at radius 2 is 2.46 bits per heavy atom. The van der Waals surface area contributed by atoms with Gasteiger partial charge in [0.2, 0.25) is 0 Å². The number of isothiocyanates is 1. The Labute approximate surface area is 82.3 Å². The van der Waals surface area contributed by atoms with Crippen molar-refractivity contribution in [3.63, 3.8) is 0 Å². The minimum absolute atomic E-state index is 0.146. The summed E-state index contributed by atoms with van der Waals surface area (Å²) in [5.74, 6) is 0.236. The third-order valence-corrected chi connectivity index (χ3v) is 2.45. The summed E-state index contributed by atoms with van der Waals surface area (Å²) in [6, 6.07) is 0.146. The van der Waals surface area contributed by atoms with Crippen LogP contribution in [0.2, 0.25) is 0 Å². The normalized spacial score (nSPS) is 27.9. The molecule has 0 radical (unpaired) electrons. The molecule has 1 fully saturated rings. The predicted octanol–water partition coefficient (Wildman–Crippen LogP) is 1.48. The number of amides is 1. The molecule has 0 aromatic carbocycles. The summed E-state index contributed by atoms with van der Waals surface area (Å²) < 4.78 is 0. The molecule has 1 N–H and O–H groups in total. The number of hydrogen-bond donors (Lipinski definition) is 1. The summed E-state index contributed by atoms with van der Waals surface area (Å²) in [7, 11) is 0. The summed E-state index contributed by atoms with van der Waals surface area (Å²) in [6.07, 6.45) is -0.103. The Kier molecular flexibility index (Phi) is 3.39. The van der Waals surface area contributed by atoms with E-state index >= 15 is 0 Å². The largest absolute Gasteiger partial charge is 0.465 e. The van der Waals surface area contributed by atoms with Gasteiger partial charge in [-0.05, 0) is 24.6 Å². The molecule has 1 aliphatic rings. The van der Waals surface area contributed by atoms with Gasteiger partial charge in [-0.1, -0.05) is 6.92 Å². The first-order valence-electron chi connectivity index (χ1n) is 4.20. The van der Waals surface area contributed by atoms with E-state index in [0.29, 0.717) is 13.1 Å². The lowest BCUT2D eigenvalue weighted by atomic mass is 9.95. The molecule has 0 unspecified atom stereocenters. The van der Waals surface area contributed by atoms with E-state index < -0.39 is 6.09 Å². The SMILES string of the molecule is C[C@H]1CN(C(=O)O)CC[C@H]1N=C=S. The molecule has 0 bridgehead atoms. The van der Waals surface area contributed by atoms with Gasteiger partial charge in [0.1, 0.15) is 0 Å². The number of carbonyl (C=O) groups is 1. The van der Waals surface area contributed by atoms with E-state index in [-0.39, 0.29) is 12.0 Å². The average Bonchev–Trinajstić information content (AvgIpc) is 2.08. The van der Waals surface area contributed by atoms with Crippen LogP contribution in [0.3, 0.4) is 0 Å². The molecule has 72 valence electrons. The summed E-state index contributed by atoms with van der Waals surface area (Å²) in [5, 5.41) is 11.1. The summed E-state index contributed by atoms with van der Waals surface area (Å²) >= 11 is 4.52. The molecule has 0 aromatic heterocycles. The third kappa shape index (κ3) is 2.50. The molecule has 1 saturated heterocycles. The first-order chi connectivity index (χ1) is 6.15. The third-order valence-electron chi connectivity index (χ3n) is 2.35. The summed E-state index contributed by atoms with van der Waals surface area (Å²) in [6.45, 7) is 3.07. The first-order valence-corrected chi connectivity index (χ1v) is 4.61. The van der Waals surface area contributed by atoms with Gasteiger partial charge in [0.25, 0.3) is 0 Å². The first kappa shape index (κ1) is 10.2. The number of rotatable bonds is 1. The van der Waals surface area contributed by atoms with Crippen molar-refractivity contribution in [2.45, 2.75) is 19.4 Å². The van der Waals surface area contributed by atoms with E-state index in [4.69, 9.17) is 5.11 Å². The molecule has 5 heteroatoms. The zero-order chi connectivity index (χ0) is 9.84. The van der Waals surface area contributed by atoms with Crippen LogP contribution in [0.5, 0.6) is 0 Å². The maximum atomic E-state index is 10.6. The van der Waals surface area contributed by atoms with Crippen molar-refractivity contribution in [1.82, 2.24) is 4.90 Å². The van der Waals surface area contributed by atoms with Crippen LogP contribution in [0.25, 0.3) is 0 Å². The van der Waals surface area contributed by atoms with Crippen LogP contribution in [0.4, 0.5) is 4.79 Å². The van der Waals surface area contributed by atoms with Crippen LogP contribution in [0.15, 0.2) is 4.99 Å². The number of hydrogen-bond acceptors (Lipinski definition) is 3. The highest BCUT2D eigenvalue weighted by Crippen LogP contribution is 2.19. The van der Waals surface area contributed by atoms with Crippen molar-refractivity contribution in [3.05, 3.63) is 0 Å². The highest BCUT2D eigenvalue weighted by molar-refractivity contribution is 7.78. The summed E-state index contributed by atoms with van der Waals surface area (Å²) in [4.78, 5) is 16.0. The van der Waals surface area contributed by atoms with Crippen molar-refractivity contribution < 1.29 is 9.90 Å². The quantitative estimate of drug-likeness (QED) is 0.515. The molecule has 1 rings (SSSR count). The summed E-state index contributed by atoms with van der Waals surface area (Å²) in [5.41, 5.74) is 0. The van der Waals surface area contributed by atoms with E-state index in [1.54, 1.807) is 0 Å². The molecule has 0 saturated carbocycles. The van der Waals surface area contributed by atoms with Crippen LogP contribution in [0.1, 0.15) is 13.3 Å². The number of carboxylic acid groups (broad SMARTS) is 1. The lowest BCUT2D eigenvalue weighted by Gasteiger charge is -2.32. The number of thiocarbonyl (C=S) groups is 1. The molecular weight excluding hydrogens is 188 g/mol. The lowest BCUT2D eigenvalue weighted by Crippen LogP contribution is -2.43. The van der Waals surface area contributed by atoms with Gasteiger partial charge in [-0.15, -0.1) is 0 Å². The average molecular weight is 200 g/mol. The molecule has 0 aromatic rings. The van der Waals surface area contributed by atoms with Gasteiger partial charge in [-0.2, -0.15) is 0 Å². The molecule has 1 amide bonds. The molecule has 13 heavy (non-hydrogen) atoms. The number of piperidine rings is 1. The van der Waals surface area contributed by atoms with Gasteiger partial charge >= 0.3 is 6.09 Å². The fraction of sp³-hybridized carbons (Fsp3) is 0.750. The molecule has 4 nitrogen and oxygen atoms in total. The van der Waals surface area contributed by atoms with Crippen LogP contribution < -0.4 is 0 Å². The van der Waals surface area contributed by atoms with Crippen molar-refractivity contribution >= 4 is 23.5 Å². The minimum Gasteiger partial charge on any atom is -0.465 e. The van der Waals surface area contributed by atoms with E-state index in [2.05, 4.69) is 22.4 Å². The van der Waals surface area contributed by atoms with Gasteiger partial charge in [-0.25, -0.2) is 9.79 Å². The second-order valence-corrected chi connectivity index (χ2v) is 3.46. The van der Waals surface area contributed by atoms with Crippen LogP contribution in [-0.4, -0.2) is 40.4 Å². The smallest absolute Gasteiger partial charge is 0.407 e. The van der Waals surface area contributed by atoms with Crippen molar-refractivity contribution in [2.75, 3.05) is 13.1 Å². The standard InChI is InChI=1S/C8H12N2O2S/c1-6-4-10(8(11)12)3-2-7(6)9-5-13/h6-7H,2-4H2,1H3,(H,11,12)/t6-,7+/m0/s1. The van der Waals surface area contributed by atoms with Crippen LogP contribution >= 0.6 is 12.2 Å². The van der Waals surface area contributed by atoms with Crippen LogP contribution in [0, 0.1) is 5.92 Å². The fourth-order valence-electron chi connectivity index (χ4n) is 1.57. The Morgan fingerprint density at radius 3 is 2.92 bits per heavy atom. The number of nitrogens with zero attached hydrogens (tertiary/aromatic N) is 2. The Morgan fingerprint density at radius 1 is 1.77 bits per heavy atom. The van der Waals surface area contributed by atoms with E-state index in [0.717, 1.165) is 6.42 Å². The zero-order valence-corrected chi connectivity index (χ0v) is 8.25. The number of likely N-dealkylation sites (tertiary alicyclic amines) is 1. The van der Waals surface area contributed by atoms with Crippen molar-refractivity contribution in [2.24, 2.45) is 10.9 Å². The molecule has 0 aliphatic carbocycles. The maximum absolute atomic E-state index is 10.6. The lowest BCUT2D eigenvalue weighted by molar-refractivity contribution is 0.117. The monoisotopic (exact) mass is 200 g/mol. The van der Waals surface area contributed by atoms with E-state index in [1.807, 2.05) is 6.92 Å². The van der Waals surface area contributed by atoms with E-state index in [1.165, 1.54) is 4.90 Å². The molecule has 0 spiro atoms. The van der Waals surface area contributed by atoms with Crippen molar-refractivity contribution in [3.8, 4) is 0 Å². The molecule has 1 aliphatic heterocycles. The molecule has 2 atom stereocenters. The molecular formula is C8H12N2O2S. The van der Waals surface area contributed by atoms with Gasteiger partial charge in [-0.3, -0.25) is 0 Å². The maximum Gasteiger partial charge on any atom is 0.407 e. The van der Waals surface area contributed by atoms with Crippen LogP contribution in [-0.2, 0) is 0 Å². The molecule has 1 heterocycles. The Balaban J connectivity index is 2.56. The van der Waals surface area contributed by atoms with Crippen molar-refractivity contribution in [1.29, 1.82) is 0 Å². The Hall–Kier alpha value is -0.930. The van der Waals surface area contributed by atoms with Gasteiger partial charge in [0.15, 0.2) is 0 Å². The highest BCUT2D eigenvalue weighted by Gasteiger charge is 2.27. The zero-order valence-electron chi connectivity index (χ0n) is 7.43. The van der Waals surface area contributed by atoms with E-state index in [9.17, 15) is 4.79 Å². The topological polar surface area (TPSA) is 52.9 Å². The second-order valence-electron chi connectivity index (χ2n) is 3.28. The number of aliphatic imine (C=N–C) groups is 1. The second kappa shape index (κ2) is 4.35. The minimum atomic E-state index is -0.850. The Bertz CT molecular complexity index is 251.